The van der Waals surface area contributed by atoms with E-state index in [1.807, 2.05) is 24.3 Å². The minimum atomic E-state index is 0.376. The van der Waals surface area contributed by atoms with Gasteiger partial charge in [0.25, 0.3) is 0 Å². The van der Waals surface area contributed by atoms with Gasteiger partial charge in [-0.1, -0.05) is 28.0 Å². The number of hydrogen-bond acceptors (Lipinski definition) is 4. The fourth-order valence-electron chi connectivity index (χ4n) is 2.51. The Morgan fingerprint density at radius 2 is 2.15 bits per heavy atom. The van der Waals surface area contributed by atoms with E-state index in [0.29, 0.717) is 12.5 Å². The zero-order valence-electron chi connectivity index (χ0n) is 11.8. The number of hydrogen-bond donors (Lipinski definition) is 1. The van der Waals surface area contributed by atoms with Gasteiger partial charge in [-0.15, -0.1) is 0 Å². The summed E-state index contributed by atoms with van der Waals surface area (Å²) in [5.41, 5.74) is 0.942. The first-order chi connectivity index (χ1) is 9.72. The second kappa shape index (κ2) is 7.64. The SMILES string of the molecule is CCC1CN(CCOc2ccc(Br)cc2)CC/C1=N\O. The molecule has 1 saturated heterocycles. The van der Waals surface area contributed by atoms with Crippen molar-refractivity contribution < 1.29 is 9.94 Å². The highest BCUT2D eigenvalue weighted by Crippen LogP contribution is 2.18. The third kappa shape index (κ3) is 4.21. The number of rotatable bonds is 5. The highest BCUT2D eigenvalue weighted by Gasteiger charge is 2.24. The molecule has 1 N–H and O–H groups in total. The van der Waals surface area contributed by atoms with Gasteiger partial charge < -0.3 is 9.94 Å². The van der Waals surface area contributed by atoms with Crippen LogP contribution in [0.15, 0.2) is 33.9 Å². The molecule has 1 aliphatic rings. The highest BCUT2D eigenvalue weighted by molar-refractivity contribution is 9.10. The summed E-state index contributed by atoms with van der Waals surface area (Å²) in [6, 6.07) is 7.89. The summed E-state index contributed by atoms with van der Waals surface area (Å²) in [5.74, 6) is 1.27. The predicted molar refractivity (Wildman–Crippen MR) is 83.7 cm³/mol. The molecule has 0 spiro atoms. The van der Waals surface area contributed by atoms with E-state index in [2.05, 4.69) is 32.9 Å². The fraction of sp³-hybridized carbons (Fsp3) is 0.533. The molecule has 20 heavy (non-hydrogen) atoms. The first kappa shape index (κ1) is 15.3. The lowest BCUT2D eigenvalue weighted by molar-refractivity contribution is 0.185. The molecule has 1 atom stereocenters. The minimum absolute atomic E-state index is 0.376. The lowest BCUT2D eigenvalue weighted by atomic mass is 9.93. The van der Waals surface area contributed by atoms with Gasteiger partial charge in [-0.2, -0.15) is 0 Å². The van der Waals surface area contributed by atoms with Crippen LogP contribution in [0, 0.1) is 5.92 Å². The van der Waals surface area contributed by atoms with Crippen LogP contribution < -0.4 is 4.74 Å². The molecule has 0 saturated carbocycles. The summed E-state index contributed by atoms with van der Waals surface area (Å²) in [5, 5.41) is 12.4. The van der Waals surface area contributed by atoms with Crippen molar-refractivity contribution in [2.24, 2.45) is 11.1 Å². The van der Waals surface area contributed by atoms with Crippen molar-refractivity contribution in [1.82, 2.24) is 4.90 Å². The van der Waals surface area contributed by atoms with Gasteiger partial charge in [0.1, 0.15) is 12.4 Å². The molecule has 0 bridgehead atoms. The summed E-state index contributed by atoms with van der Waals surface area (Å²) in [7, 11) is 0. The molecule has 0 aromatic heterocycles. The van der Waals surface area contributed by atoms with Crippen molar-refractivity contribution >= 4 is 21.6 Å². The van der Waals surface area contributed by atoms with Gasteiger partial charge in [0.2, 0.25) is 0 Å². The molecule has 0 radical (unpaired) electrons. The van der Waals surface area contributed by atoms with E-state index in [0.717, 1.165) is 48.4 Å². The average molecular weight is 341 g/mol. The average Bonchev–Trinajstić information content (AvgIpc) is 2.49. The van der Waals surface area contributed by atoms with Gasteiger partial charge in [-0.25, -0.2) is 0 Å². The molecule has 0 amide bonds. The number of nitrogens with zero attached hydrogens (tertiary/aromatic N) is 2. The number of halogens is 1. The molecule has 0 aliphatic carbocycles. The number of likely N-dealkylation sites (tertiary alicyclic amines) is 1. The molecule has 1 unspecified atom stereocenters. The molecule has 1 aliphatic heterocycles. The summed E-state index contributed by atoms with van der Waals surface area (Å²) >= 11 is 3.41. The Labute approximate surface area is 128 Å². The Morgan fingerprint density at radius 1 is 1.40 bits per heavy atom. The monoisotopic (exact) mass is 340 g/mol. The molecular weight excluding hydrogens is 320 g/mol. The second-order valence-electron chi connectivity index (χ2n) is 5.05. The summed E-state index contributed by atoms with van der Waals surface area (Å²) < 4.78 is 6.80. The fourth-order valence-corrected chi connectivity index (χ4v) is 2.77. The van der Waals surface area contributed by atoms with Crippen LogP contribution in [0.4, 0.5) is 0 Å². The van der Waals surface area contributed by atoms with E-state index in [4.69, 9.17) is 9.94 Å². The van der Waals surface area contributed by atoms with Crippen molar-refractivity contribution in [1.29, 1.82) is 0 Å². The molecule has 1 aromatic rings. The first-order valence-electron chi connectivity index (χ1n) is 7.04. The van der Waals surface area contributed by atoms with Crippen LogP contribution in [0.5, 0.6) is 5.75 Å². The zero-order chi connectivity index (χ0) is 14.4. The van der Waals surface area contributed by atoms with E-state index in [-0.39, 0.29) is 0 Å². The summed E-state index contributed by atoms with van der Waals surface area (Å²) in [6.45, 7) is 5.63. The Balaban J connectivity index is 1.76. The molecule has 1 heterocycles. The van der Waals surface area contributed by atoms with Crippen molar-refractivity contribution in [3.8, 4) is 5.75 Å². The lowest BCUT2D eigenvalue weighted by Gasteiger charge is -2.32. The van der Waals surface area contributed by atoms with Gasteiger partial charge in [-0.05, 0) is 30.7 Å². The molecule has 1 fully saturated rings. The van der Waals surface area contributed by atoms with Gasteiger partial charge >= 0.3 is 0 Å². The number of piperidine rings is 1. The van der Waals surface area contributed by atoms with Gasteiger partial charge in [0.15, 0.2) is 0 Å². The van der Waals surface area contributed by atoms with E-state index < -0.39 is 0 Å². The van der Waals surface area contributed by atoms with E-state index in [9.17, 15) is 0 Å². The van der Waals surface area contributed by atoms with Crippen LogP contribution in [0.1, 0.15) is 19.8 Å². The Bertz CT molecular complexity index is 448. The second-order valence-corrected chi connectivity index (χ2v) is 5.97. The Kier molecular flexibility index (Phi) is 5.86. The number of ether oxygens (including phenoxy) is 1. The third-order valence-corrected chi connectivity index (χ3v) is 4.27. The minimum Gasteiger partial charge on any atom is -0.492 e. The van der Waals surface area contributed by atoms with Crippen molar-refractivity contribution in [2.45, 2.75) is 19.8 Å². The standard InChI is InChI=1S/C15H21BrN2O2/c1-2-12-11-18(8-7-15(12)17-19)9-10-20-14-5-3-13(16)4-6-14/h3-6,12,19H,2,7-11H2,1H3/b17-15+. The van der Waals surface area contributed by atoms with E-state index in [1.54, 1.807) is 0 Å². The first-order valence-corrected chi connectivity index (χ1v) is 7.83. The van der Waals surface area contributed by atoms with Crippen LogP contribution in [0.25, 0.3) is 0 Å². The molecule has 5 heteroatoms. The molecule has 110 valence electrons. The lowest BCUT2D eigenvalue weighted by Crippen LogP contribution is -2.42. The molecule has 4 nitrogen and oxygen atoms in total. The largest absolute Gasteiger partial charge is 0.492 e. The van der Waals surface area contributed by atoms with Gasteiger partial charge in [0, 0.05) is 36.4 Å². The smallest absolute Gasteiger partial charge is 0.119 e. The quantitative estimate of drug-likeness (QED) is 0.660. The van der Waals surface area contributed by atoms with Crippen molar-refractivity contribution in [3.63, 3.8) is 0 Å². The van der Waals surface area contributed by atoms with E-state index in [1.165, 1.54) is 0 Å². The van der Waals surface area contributed by atoms with E-state index >= 15 is 0 Å². The maximum atomic E-state index is 8.97. The molecular formula is C15H21BrN2O2. The van der Waals surface area contributed by atoms with Crippen molar-refractivity contribution in [2.75, 3.05) is 26.2 Å². The third-order valence-electron chi connectivity index (χ3n) is 3.75. The number of benzene rings is 1. The summed E-state index contributed by atoms with van der Waals surface area (Å²) in [4.78, 5) is 2.38. The van der Waals surface area contributed by atoms with Crippen LogP contribution >= 0.6 is 15.9 Å². The normalized spacial score (nSPS) is 22.1. The predicted octanol–water partition coefficient (Wildman–Crippen LogP) is 3.39. The van der Waals surface area contributed by atoms with Crippen molar-refractivity contribution in [3.05, 3.63) is 28.7 Å². The molecule has 2 rings (SSSR count). The van der Waals surface area contributed by atoms with Gasteiger partial charge in [-0.3, -0.25) is 4.90 Å². The summed E-state index contributed by atoms with van der Waals surface area (Å²) in [6.07, 6.45) is 1.87. The topological polar surface area (TPSA) is 45.1 Å². The maximum Gasteiger partial charge on any atom is 0.119 e. The van der Waals surface area contributed by atoms with Crippen LogP contribution in [-0.4, -0.2) is 42.1 Å². The highest BCUT2D eigenvalue weighted by atomic mass is 79.9. The van der Waals surface area contributed by atoms with Gasteiger partial charge in [0.05, 0.1) is 5.71 Å². The van der Waals surface area contributed by atoms with Crippen LogP contribution in [0.3, 0.4) is 0 Å². The number of oxime groups is 1. The Morgan fingerprint density at radius 3 is 2.80 bits per heavy atom. The molecule has 1 aromatic carbocycles. The van der Waals surface area contributed by atoms with Crippen LogP contribution in [0.2, 0.25) is 0 Å². The zero-order valence-corrected chi connectivity index (χ0v) is 13.3. The Hall–Kier alpha value is -1.07. The maximum absolute atomic E-state index is 8.97. The van der Waals surface area contributed by atoms with Crippen LogP contribution in [-0.2, 0) is 0 Å².